The zero-order chi connectivity index (χ0) is 15.2. The summed E-state index contributed by atoms with van der Waals surface area (Å²) in [6.07, 6.45) is 0.289. The second kappa shape index (κ2) is 7.26. The third-order valence-corrected chi connectivity index (χ3v) is 3.44. The van der Waals surface area contributed by atoms with Gasteiger partial charge in [0.05, 0.1) is 31.7 Å². The van der Waals surface area contributed by atoms with Crippen molar-refractivity contribution < 1.29 is 18.7 Å². The second-order valence-corrected chi connectivity index (χ2v) is 4.86. The van der Waals surface area contributed by atoms with Crippen molar-refractivity contribution in [3.05, 3.63) is 24.0 Å². The van der Waals surface area contributed by atoms with Crippen LogP contribution in [0.5, 0.6) is 0 Å². The molecule has 0 radical (unpaired) electrons. The van der Waals surface area contributed by atoms with Gasteiger partial charge in [-0.15, -0.1) is 0 Å². The smallest absolute Gasteiger partial charge is 0.413 e. The first-order valence-electron chi connectivity index (χ1n) is 7.15. The van der Waals surface area contributed by atoms with Gasteiger partial charge in [0.15, 0.2) is 0 Å². The fourth-order valence-electron chi connectivity index (χ4n) is 2.38. The van der Waals surface area contributed by atoms with E-state index in [1.54, 1.807) is 12.1 Å². The van der Waals surface area contributed by atoms with Crippen molar-refractivity contribution in [3.8, 4) is 0 Å². The first-order chi connectivity index (χ1) is 10.2. The van der Waals surface area contributed by atoms with Crippen molar-refractivity contribution in [1.82, 2.24) is 0 Å². The van der Waals surface area contributed by atoms with Gasteiger partial charge in [-0.05, 0) is 24.6 Å². The maximum atomic E-state index is 14.3. The molecule has 5 nitrogen and oxygen atoms in total. The number of nitrogens with zero attached hydrogens (tertiary/aromatic N) is 2. The molecule has 0 aliphatic carbocycles. The standard InChI is InChI=1S/C15H21FN2O3/c1-3-6-18(15(19)20-2)12-4-5-14(13(16)11-12)17-7-9-21-10-8-17/h4-5,11H,3,6-10H2,1-2H3. The molecule has 1 aromatic carbocycles. The quantitative estimate of drug-likeness (QED) is 0.856. The Hall–Kier alpha value is -1.82. The lowest BCUT2D eigenvalue weighted by Gasteiger charge is -2.29. The molecule has 0 bridgehead atoms. The number of hydrogen-bond donors (Lipinski definition) is 0. The molecule has 1 aliphatic heterocycles. The summed E-state index contributed by atoms with van der Waals surface area (Å²) in [6.45, 7) is 4.99. The number of amides is 1. The largest absolute Gasteiger partial charge is 0.452 e. The van der Waals surface area contributed by atoms with Crippen molar-refractivity contribution in [1.29, 1.82) is 0 Å². The van der Waals surface area contributed by atoms with E-state index in [4.69, 9.17) is 9.47 Å². The van der Waals surface area contributed by atoms with Gasteiger partial charge >= 0.3 is 6.09 Å². The molecule has 0 spiro atoms. The molecule has 1 aromatic rings. The molecular formula is C15H21FN2O3. The lowest BCUT2D eigenvalue weighted by atomic mass is 10.2. The van der Waals surface area contributed by atoms with E-state index in [1.165, 1.54) is 18.1 Å². The SMILES string of the molecule is CCCN(C(=O)OC)c1ccc(N2CCOCC2)c(F)c1. The Morgan fingerprint density at radius 1 is 1.43 bits per heavy atom. The van der Waals surface area contributed by atoms with Crippen molar-refractivity contribution in [2.75, 3.05) is 49.8 Å². The zero-order valence-electron chi connectivity index (χ0n) is 12.5. The van der Waals surface area contributed by atoms with Crippen molar-refractivity contribution in [3.63, 3.8) is 0 Å². The molecule has 2 rings (SSSR count). The minimum Gasteiger partial charge on any atom is -0.452 e. The normalized spacial score (nSPS) is 14.9. The highest BCUT2D eigenvalue weighted by molar-refractivity contribution is 5.87. The number of methoxy groups -OCH3 is 1. The van der Waals surface area contributed by atoms with Crippen LogP contribution >= 0.6 is 0 Å². The highest BCUT2D eigenvalue weighted by Crippen LogP contribution is 2.26. The molecule has 0 atom stereocenters. The van der Waals surface area contributed by atoms with E-state index in [9.17, 15) is 9.18 Å². The third-order valence-electron chi connectivity index (χ3n) is 3.44. The van der Waals surface area contributed by atoms with E-state index in [0.29, 0.717) is 44.2 Å². The van der Waals surface area contributed by atoms with E-state index in [0.717, 1.165) is 6.42 Å². The average molecular weight is 296 g/mol. The predicted molar refractivity (Wildman–Crippen MR) is 79.5 cm³/mol. The first kappa shape index (κ1) is 15.6. The van der Waals surface area contributed by atoms with Gasteiger partial charge in [-0.2, -0.15) is 0 Å². The Bertz CT molecular complexity index is 490. The summed E-state index contributed by atoms with van der Waals surface area (Å²) in [5, 5.41) is 0. The maximum Gasteiger partial charge on any atom is 0.413 e. The second-order valence-electron chi connectivity index (χ2n) is 4.86. The minimum absolute atomic E-state index is 0.334. The zero-order valence-corrected chi connectivity index (χ0v) is 12.5. The lowest BCUT2D eigenvalue weighted by molar-refractivity contribution is 0.122. The summed E-state index contributed by atoms with van der Waals surface area (Å²) < 4.78 is 24.4. The highest BCUT2D eigenvalue weighted by atomic mass is 19.1. The number of carbonyl (C=O) groups is 1. The molecule has 0 unspecified atom stereocenters. The van der Waals surface area contributed by atoms with E-state index in [1.807, 2.05) is 11.8 Å². The van der Waals surface area contributed by atoms with Crippen LogP contribution in [0.2, 0.25) is 0 Å². The molecule has 116 valence electrons. The maximum absolute atomic E-state index is 14.3. The summed E-state index contributed by atoms with van der Waals surface area (Å²) in [5.41, 5.74) is 1.06. The van der Waals surface area contributed by atoms with Crippen molar-refractivity contribution in [2.45, 2.75) is 13.3 Å². The Morgan fingerprint density at radius 3 is 2.71 bits per heavy atom. The fraction of sp³-hybridized carbons (Fsp3) is 0.533. The summed E-state index contributed by atoms with van der Waals surface area (Å²) in [6, 6.07) is 4.85. The lowest BCUT2D eigenvalue weighted by Crippen LogP contribution is -2.37. The molecule has 1 amide bonds. The molecule has 1 fully saturated rings. The molecule has 1 saturated heterocycles. The molecule has 21 heavy (non-hydrogen) atoms. The molecule has 0 saturated carbocycles. The van der Waals surface area contributed by atoms with E-state index < -0.39 is 6.09 Å². The van der Waals surface area contributed by atoms with E-state index in [2.05, 4.69) is 0 Å². The first-order valence-corrected chi connectivity index (χ1v) is 7.15. The Kier molecular flexibility index (Phi) is 5.38. The van der Waals surface area contributed by atoms with Gasteiger partial charge in [-0.1, -0.05) is 6.92 Å². The van der Waals surface area contributed by atoms with E-state index >= 15 is 0 Å². The minimum atomic E-state index is -0.477. The third kappa shape index (κ3) is 3.64. The van der Waals surface area contributed by atoms with Gasteiger partial charge in [0.2, 0.25) is 0 Å². The molecule has 1 aliphatic rings. The van der Waals surface area contributed by atoms with Gasteiger partial charge in [0.1, 0.15) is 5.82 Å². The van der Waals surface area contributed by atoms with Crippen LogP contribution in [0.15, 0.2) is 18.2 Å². The number of benzene rings is 1. The van der Waals surface area contributed by atoms with Crippen molar-refractivity contribution >= 4 is 17.5 Å². The Morgan fingerprint density at radius 2 is 2.14 bits per heavy atom. The van der Waals surface area contributed by atoms with Crippen LogP contribution in [0.1, 0.15) is 13.3 Å². The summed E-state index contributed by atoms with van der Waals surface area (Å²) in [5.74, 6) is -0.334. The van der Waals surface area contributed by atoms with Crippen molar-refractivity contribution in [2.24, 2.45) is 0 Å². The Balaban J connectivity index is 2.22. The topological polar surface area (TPSA) is 42.0 Å². The summed E-state index contributed by atoms with van der Waals surface area (Å²) >= 11 is 0. The number of morpholine rings is 1. The van der Waals surface area contributed by atoms with Crippen LogP contribution in [0.3, 0.4) is 0 Å². The number of rotatable bonds is 4. The molecular weight excluding hydrogens is 275 g/mol. The number of halogens is 1. The van der Waals surface area contributed by atoms with Gasteiger partial charge in [0, 0.05) is 19.6 Å². The molecule has 1 heterocycles. The van der Waals surface area contributed by atoms with Crippen LogP contribution in [0.25, 0.3) is 0 Å². The molecule has 0 aromatic heterocycles. The summed E-state index contributed by atoms with van der Waals surface area (Å²) in [4.78, 5) is 15.1. The monoisotopic (exact) mass is 296 g/mol. The summed E-state index contributed by atoms with van der Waals surface area (Å²) in [7, 11) is 1.32. The van der Waals surface area contributed by atoms with Crippen LogP contribution in [-0.4, -0.2) is 46.1 Å². The van der Waals surface area contributed by atoms with Crippen LogP contribution < -0.4 is 9.80 Å². The molecule has 6 heteroatoms. The predicted octanol–water partition coefficient (Wildman–Crippen LogP) is 2.65. The average Bonchev–Trinajstić information content (AvgIpc) is 2.52. The van der Waals surface area contributed by atoms with Gasteiger partial charge in [-0.25, -0.2) is 9.18 Å². The van der Waals surface area contributed by atoms with Crippen LogP contribution in [0.4, 0.5) is 20.6 Å². The number of ether oxygens (including phenoxy) is 2. The number of hydrogen-bond acceptors (Lipinski definition) is 4. The van der Waals surface area contributed by atoms with Crippen LogP contribution in [0, 0.1) is 5.82 Å². The number of carbonyl (C=O) groups excluding carboxylic acids is 1. The highest BCUT2D eigenvalue weighted by Gasteiger charge is 2.19. The number of anilines is 2. The van der Waals surface area contributed by atoms with Crippen LogP contribution in [-0.2, 0) is 9.47 Å². The molecule has 0 N–H and O–H groups in total. The van der Waals surface area contributed by atoms with Gasteiger partial charge in [-0.3, -0.25) is 4.90 Å². The van der Waals surface area contributed by atoms with Gasteiger partial charge in [0.25, 0.3) is 0 Å². The Labute approximate surface area is 124 Å². The fourth-order valence-corrected chi connectivity index (χ4v) is 2.38. The van der Waals surface area contributed by atoms with Gasteiger partial charge < -0.3 is 14.4 Å². The van der Waals surface area contributed by atoms with E-state index in [-0.39, 0.29) is 5.82 Å².